The van der Waals surface area contributed by atoms with Gasteiger partial charge in [-0.15, -0.1) is 0 Å². The highest BCUT2D eigenvalue weighted by atomic mass is 16.3. The van der Waals surface area contributed by atoms with Gasteiger partial charge in [-0.05, 0) is 48.4 Å². The molecule has 0 aliphatic heterocycles. The molecule has 1 N–H and O–H groups in total. The van der Waals surface area contributed by atoms with Gasteiger partial charge in [0.05, 0.1) is 0 Å². The van der Waals surface area contributed by atoms with Gasteiger partial charge in [0.1, 0.15) is 5.60 Å². The molecule has 20 heavy (non-hydrogen) atoms. The molecular formula is C18H20O2. The Morgan fingerprint density at radius 1 is 1.10 bits per heavy atom. The first-order valence-electron chi connectivity index (χ1n) is 7.34. The van der Waals surface area contributed by atoms with Crippen molar-refractivity contribution in [2.45, 2.75) is 38.2 Å². The van der Waals surface area contributed by atoms with Crippen molar-refractivity contribution in [2.24, 2.45) is 5.92 Å². The van der Waals surface area contributed by atoms with Crippen molar-refractivity contribution in [3.63, 3.8) is 0 Å². The zero-order valence-electron chi connectivity index (χ0n) is 11.8. The monoisotopic (exact) mass is 268 g/mol. The molecule has 1 aliphatic rings. The summed E-state index contributed by atoms with van der Waals surface area (Å²) in [5.41, 5.74) is -0.532. The summed E-state index contributed by atoms with van der Waals surface area (Å²) in [5, 5.41) is 12.8. The number of hydrogen-bond donors (Lipinski definition) is 1. The van der Waals surface area contributed by atoms with Crippen LogP contribution in [0.2, 0.25) is 0 Å². The minimum atomic E-state index is -1.16. The van der Waals surface area contributed by atoms with Crippen LogP contribution >= 0.6 is 0 Å². The summed E-state index contributed by atoms with van der Waals surface area (Å²) < 4.78 is 0. The standard InChI is InChI=1S/C18H20O2/c1-13-8-10-18(20,11-9-13)17(19)16-7-6-14-4-2-3-5-15(14)12-16/h2-7,12-13,20H,8-11H2,1H3. The molecule has 2 heteroatoms. The Morgan fingerprint density at radius 2 is 1.75 bits per heavy atom. The van der Waals surface area contributed by atoms with E-state index < -0.39 is 5.60 Å². The molecule has 0 spiro atoms. The van der Waals surface area contributed by atoms with Gasteiger partial charge in [0.15, 0.2) is 5.78 Å². The molecule has 2 aromatic rings. The van der Waals surface area contributed by atoms with Gasteiger partial charge in [-0.1, -0.05) is 43.3 Å². The predicted molar refractivity (Wildman–Crippen MR) is 80.9 cm³/mol. The van der Waals surface area contributed by atoms with E-state index in [0.717, 1.165) is 23.6 Å². The van der Waals surface area contributed by atoms with Crippen LogP contribution in [0.15, 0.2) is 42.5 Å². The number of benzene rings is 2. The second kappa shape index (κ2) is 5.02. The zero-order valence-corrected chi connectivity index (χ0v) is 11.8. The van der Waals surface area contributed by atoms with Crippen LogP contribution in [0.1, 0.15) is 43.0 Å². The molecule has 0 heterocycles. The van der Waals surface area contributed by atoms with Crippen molar-refractivity contribution in [1.82, 2.24) is 0 Å². The molecule has 0 bridgehead atoms. The van der Waals surface area contributed by atoms with Crippen LogP contribution in [-0.2, 0) is 0 Å². The van der Waals surface area contributed by atoms with Crippen LogP contribution in [0.3, 0.4) is 0 Å². The number of aliphatic hydroxyl groups is 1. The van der Waals surface area contributed by atoms with Gasteiger partial charge in [-0.25, -0.2) is 0 Å². The second-order valence-corrected chi connectivity index (χ2v) is 6.11. The van der Waals surface area contributed by atoms with Crippen LogP contribution in [0, 0.1) is 5.92 Å². The van der Waals surface area contributed by atoms with E-state index in [2.05, 4.69) is 6.92 Å². The van der Waals surface area contributed by atoms with Crippen molar-refractivity contribution in [2.75, 3.05) is 0 Å². The van der Waals surface area contributed by atoms with Gasteiger partial charge in [0.25, 0.3) is 0 Å². The fourth-order valence-electron chi connectivity index (χ4n) is 3.07. The van der Waals surface area contributed by atoms with Gasteiger partial charge in [-0.3, -0.25) is 4.79 Å². The number of carbonyl (C=O) groups excluding carboxylic acids is 1. The van der Waals surface area contributed by atoms with Crippen LogP contribution in [-0.4, -0.2) is 16.5 Å². The lowest BCUT2D eigenvalue weighted by Gasteiger charge is -2.33. The van der Waals surface area contributed by atoms with Gasteiger partial charge in [0.2, 0.25) is 0 Å². The Morgan fingerprint density at radius 3 is 2.45 bits per heavy atom. The number of hydrogen-bond acceptors (Lipinski definition) is 2. The van der Waals surface area contributed by atoms with Gasteiger partial charge >= 0.3 is 0 Å². The summed E-state index contributed by atoms with van der Waals surface area (Å²) in [6, 6.07) is 13.7. The first-order valence-corrected chi connectivity index (χ1v) is 7.34. The molecule has 0 radical (unpaired) electrons. The molecule has 2 nitrogen and oxygen atoms in total. The fourth-order valence-corrected chi connectivity index (χ4v) is 3.07. The fraction of sp³-hybridized carbons (Fsp3) is 0.389. The lowest BCUT2D eigenvalue weighted by molar-refractivity contribution is 0.00428. The summed E-state index contributed by atoms with van der Waals surface area (Å²) in [4.78, 5) is 12.6. The average Bonchev–Trinajstić information content (AvgIpc) is 2.49. The molecule has 1 fully saturated rings. The van der Waals surface area contributed by atoms with Crippen LogP contribution in [0.5, 0.6) is 0 Å². The van der Waals surface area contributed by atoms with E-state index in [1.165, 1.54) is 0 Å². The molecule has 1 aliphatic carbocycles. The van der Waals surface area contributed by atoms with Crippen molar-refractivity contribution < 1.29 is 9.90 Å². The third-order valence-electron chi connectivity index (χ3n) is 4.54. The lowest BCUT2D eigenvalue weighted by Crippen LogP contribution is -2.41. The Balaban J connectivity index is 1.92. The van der Waals surface area contributed by atoms with Gasteiger partial charge < -0.3 is 5.11 Å². The maximum absolute atomic E-state index is 12.6. The summed E-state index contributed by atoms with van der Waals surface area (Å²) in [7, 11) is 0. The average molecular weight is 268 g/mol. The summed E-state index contributed by atoms with van der Waals surface area (Å²) >= 11 is 0. The highest BCUT2D eigenvalue weighted by Crippen LogP contribution is 2.34. The number of fused-ring (bicyclic) bond motifs is 1. The van der Waals surface area contributed by atoms with Crippen molar-refractivity contribution in [1.29, 1.82) is 0 Å². The Labute approximate surface area is 119 Å². The summed E-state index contributed by atoms with van der Waals surface area (Å²) in [6.07, 6.45) is 3.02. The third-order valence-corrected chi connectivity index (χ3v) is 4.54. The van der Waals surface area contributed by atoms with Crippen molar-refractivity contribution in [3.05, 3.63) is 48.0 Å². The van der Waals surface area contributed by atoms with Crippen molar-refractivity contribution >= 4 is 16.6 Å². The Kier molecular flexibility index (Phi) is 3.35. The second-order valence-electron chi connectivity index (χ2n) is 6.11. The quantitative estimate of drug-likeness (QED) is 0.837. The molecule has 2 aromatic carbocycles. The molecular weight excluding hydrogens is 248 g/mol. The Hall–Kier alpha value is -1.67. The summed E-state index contributed by atoms with van der Waals surface area (Å²) in [5.74, 6) is 0.495. The topological polar surface area (TPSA) is 37.3 Å². The molecule has 0 atom stereocenters. The minimum absolute atomic E-state index is 0.116. The first-order chi connectivity index (χ1) is 9.58. The normalized spacial score (nSPS) is 26.6. The number of rotatable bonds is 2. The van der Waals surface area contributed by atoms with Crippen LogP contribution in [0.25, 0.3) is 10.8 Å². The molecule has 0 amide bonds. The maximum Gasteiger partial charge on any atom is 0.194 e. The van der Waals surface area contributed by atoms with Crippen LogP contribution in [0.4, 0.5) is 0 Å². The number of carbonyl (C=O) groups is 1. The minimum Gasteiger partial charge on any atom is -0.382 e. The molecule has 104 valence electrons. The first kappa shape index (κ1) is 13.3. The predicted octanol–water partition coefficient (Wildman–Crippen LogP) is 3.96. The number of ketones is 1. The summed E-state index contributed by atoms with van der Waals surface area (Å²) in [6.45, 7) is 2.18. The lowest BCUT2D eigenvalue weighted by atomic mass is 9.75. The van der Waals surface area contributed by atoms with Gasteiger partial charge in [-0.2, -0.15) is 0 Å². The van der Waals surface area contributed by atoms with E-state index in [0.29, 0.717) is 24.3 Å². The smallest absolute Gasteiger partial charge is 0.194 e. The molecule has 0 saturated heterocycles. The van der Waals surface area contributed by atoms with E-state index in [-0.39, 0.29) is 5.78 Å². The molecule has 1 saturated carbocycles. The van der Waals surface area contributed by atoms with E-state index in [9.17, 15) is 9.90 Å². The van der Waals surface area contributed by atoms with E-state index in [4.69, 9.17) is 0 Å². The Bertz CT molecular complexity index is 637. The molecule has 3 rings (SSSR count). The largest absolute Gasteiger partial charge is 0.382 e. The maximum atomic E-state index is 12.6. The molecule has 0 aromatic heterocycles. The zero-order chi connectivity index (χ0) is 14.2. The SMILES string of the molecule is CC1CCC(O)(C(=O)c2ccc3ccccc3c2)CC1. The molecule has 0 unspecified atom stereocenters. The number of Topliss-reactive ketones (excluding diaryl/α,β-unsaturated/α-hetero) is 1. The van der Waals surface area contributed by atoms with Crippen LogP contribution < -0.4 is 0 Å². The van der Waals surface area contributed by atoms with E-state index in [1.807, 2.05) is 42.5 Å². The van der Waals surface area contributed by atoms with E-state index in [1.54, 1.807) is 0 Å². The highest BCUT2D eigenvalue weighted by Gasteiger charge is 2.39. The van der Waals surface area contributed by atoms with Gasteiger partial charge in [0, 0.05) is 5.56 Å². The highest BCUT2D eigenvalue weighted by molar-refractivity contribution is 6.04. The van der Waals surface area contributed by atoms with Crippen molar-refractivity contribution in [3.8, 4) is 0 Å². The third kappa shape index (κ3) is 2.36. The van der Waals surface area contributed by atoms with E-state index >= 15 is 0 Å².